The largest absolute Gasteiger partial charge is 0.480 e. The number of carbonyl (C=O) groups is 3. The minimum atomic E-state index is -1.14. The summed E-state index contributed by atoms with van der Waals surface area (Å²) in [7, 11) is 1.25. The number of carboxylic acid groups (broad SMARTS) is 1. The Labute approximate surface area is 124 Å². The van der Waals surface area contributed by atoms with E-state index in [0.717, 1.165) is 19.3 Å². The Hall–Kier alpha value is -1.79. The van der Waals surface area contributed by atoms with Gasteiger partial charge in [0.1, 0.15) is 6.04 Å². The van der Waals surface area contributed by atoms with Crippen LogP contribution in [0.5, 0.6) is 0 Å². The molecule has 120 valence electrons. The fourth-order valence-electron chi connectivity index (χ4n) is 2.02. The maximum Gasteiger partial charge on any atom is 0.326 e. The van der Waals surface area contributed by atoms with E-state index in [2.05, 4.69) is 10.1 Å². The van der Waals surface area contributed by atoms with Gasteiger partial charge in [-0.3, -0.25) is 4.79 Å². The van der Waals surface area contributed by atoms with Gasteiger partial charge in [-0.05, 0) is 31.6 Å². The third-order valence-electron chi connectivity index (χ3n) is 3.42. The Morgan fingerprint density at radius 2 is 2.05 bits per heavy atom. The van der Waals surface area contributed by atoms with Gasteiger partial charge in [-0.2, -0.15) is 0 Å². The number of carboxylic acids is 1. The van der Waals surface area contributed by atoms with E-state index in [0.29, 0.717) is 19.0 Å². The van der Waals surface area contributed by atoms with Crippen LogP contribution in [0, 0.1) is 5.92 Å². The monoisotopic (exact) mass is 300 g/mol. The molecular formula is C14H24N2O5. The Kier molecular flexibility index (Phi) is 6.98. The SMILES string of the molecule is CCCN(CC1CC1)C(=O)N[C@@H](CCC(=O)OC)C(=O)O. The maximum absolute atomic E-state index is 12.2. The number of amides is 2. The molecule has 0 aromatic carbocycles. The predicted octanol–water partition coefficient (Wildman–Crippen LogP) is 1.22. The molecule has 1 rings (SSSR count). The summed E-state index contributed by atoms with van der Waals surface area (Å²) < 4.78 is 4.48. The number of urea groups is 1. The van der Waals surface area contributed by atoms with Crippen LogP contribution < -0.4 is 5.32 Å². The van der Waals surface area contributed by atoms with Crippen molar-refractivity contribution in [3.05, 3.63) is 0 Å². The molecule has 7 heteroatoms. The van der Waals surface area contributed by atoms with Crippen molar-refractivity contribution in [3.63, 3.8) is 0 Å². The molecule has 2 N–H and O–H groups in total. The van der Waals surface area contributed by atoms with Crippen LogP contribution in [0.3, 0.4) is 0 Å². The first-order chi connectivity index (χ1) is 9.97. The molecule has 7 nitrogen and oxygen atoms in total. The van der Waals surface area contributed by atoms with E-state index in [4.69, 9.17) is 5.11 Å². The van der Waals surface area contributed by atoms with Gasteiger partial charge < -0.3 is 20.1 Å². The zero-order chi connectivity index (χ0) is 15.8. The molecule has 21 heavy (non-hydrogen) atoms. The lowest BCUT2D eigenvalue weighted by molar-refractivity contribution is -0.142. The average molecular weight is 300 g/mol. The van der Waals surface area contributed by atoms with E-state index in [1.165, 1.54) is 7.11 Å². The van der Waals surface area contributed by atoms with Gasteiger partial charge in [-0.15, -0.1) is 0 Å². The summed E-state index contributed by atoms with van der Waals surface area (Å²) in [5.41, 5.74) is 0. The van der Waals surface area contributed by atoms with Crippen LogP contribution in [0.2, 0.25) is 0 Å². The van der Waals surface area contributed by atoms with Crippen LogP contribution in [0.4, 0.5) is 4.79 Å². The molecule has 0 heterocycles. The maximum atomic E-state index is 12.2. The molecule has 1 atom stereocenters. The fraction of sp³-hybridized carbons (Fsp3) is 0.786. The van der Waals surface area contributed by atoms with Gasteiger partial charge in [0.05, 0.1) is 7.11 Å². The smallest absolute Gasteiger partial charge is 0.326 e. The molecule has 0 aromatic rings. The first kappa shape index (κ1) is 17.3. The van der Waals surface area contributed by atoms with Crippen molar-refractivity contribution >= 4 is 18.0 Å². The molecule has 0 aromatic heterocycles. The number of methoxy groups -OCH3 is 1. The van der Waals surface area contributed by atoms with Crippen molar-refractivity contribution < 1.29 is 24.2 Å². The quantitative estimate of drug-likeness (QED) is 0.624. The number of hydrogen-bond donors (Lipinski definition) is 2. The van der Waals surface area contributed by atoms with E-state index in [1.807, 2.05) is 6.92 Å². The Morgan fingerprint density at radius 3 is 2.52 bits per heavy atom. The van der Waals surface area contributed by atoms with Crippen molar-refractivity contribution in [1.82, 2.24) is 10.2 Å². The highest BCUT2D eigenvalue weighted by molar-refractivity contribution is 5.83. The molecule has 1 fully saturated rings. The van der Waals surface area contributed by atoms with Crippen LogP contribution in [0.1, 0.15) is 39.0 Å². The number of ether oxygens (including phenoxy) is 1. The van der Waals surface area contributed by atoms with Crippen molar-refractivity contribution in [2.24, 2.45) is 5.92 Å². The molecule has 1 aliphatic carbocycles. The summed E-state index contributed by atoms with van der Waals surface area (Å²) in [6.45, 7) is 3.24. The van der Waals surface area contributed by atoms with E-state index < -0.39 is 18.0 Å². The summed E-state index contributed by atoms with van der Waals surface area (Å²) in [6, 6.07) is -1.45. The van der Waals surface area contributed by atoms with E-state index in [1.54, 1.807) is 4.90 Å². The lowest BCUT2D eigenvalue weighted by atomic mass is 10.1. The minimum Gasteiger partial charge on any atom is -0.480 e. The lowest BCUT2D eigenvalue weighted by Gasteiger charge is -2.24. The van der Waals surface area contributed by atoms with Crippen LogP contribution in [-0.2, 0) is 14.3 Å². The molecule has 0 radical (unpaired) electrons. The highest BCUT2D eigenvalue weighted by Crippen LogP contribution is 2.29. The fourth-order valence-corrected chi connectivity index (χ4v) is 2.02. The van der Waals surface area contributed by atoms with Crippen molar-refractivity contribution in [1.29, 1.82) is 0 Å². The number of carbonyl (C=O) groups excluding carboxylic acids is 2. The number of esters is 1. The van der Waals surface area contributed by atoms with Crippen molar-refractivity contribution in [3.8, 4) is 0 Å². The van der Waals surface area contributed by atoms with Gasteiger partial charge >= 0.3 is 18.0 Å². The number of nitrogens with zero attached hydrogens (tertiary/aromatic N) is 1. The molecule has 0 bridgehead atoms. The summed E-state index contributed by atoms with van der Waals surface area (Å²) in [4.78, 5) is 36.1. The van der Waals surface area contributed by atoms with Gasteiger partial charge in [0.15, 0.2) is 0 Å². The van der Waals surface area contributed by atoms with E-state index in [9.17, 15) is 14.4 Å². The second-order valence-electron chi connectivity index (χ2n) is 5.34. The average Bonchev–Trinajstić information content (AvgIpc) is 3.25. The predicted molar refractivity (Wildman–Crippen MR) is 75.8 cm³/mol. The normalized spacial score (nSPS) is 15.1. The molecule has 0 saturated heterocycles. The van der Waals surface area contributed by atoms with Gasteiger partial charge in [0, 0.05) is 19.5 Å². The highest BCUT2D eigenvalue weighted by Gasteiger charge is 2.28. The third-order valence-corrected chi connectivity index (χ3v) is 3.42. The summed E-state index contributed by atoms with van der Waals surface area (Å²) in [5, 5.41) is 11.6. The minimum absolute atomic E-state index is 0.0249. The second kappa shape index (κ2) is 8.49. The first-order valence-electron chi connectivity index (χ1n) is 7.33. The number of aliphatic carboxylic acids is 1. The Balaban J connectivity index is 2.51. The van der Waals surface area contributed by atoms with Gasteiger partial charge in [0.25, 0.3) is 0 Å². The summed E-state index contributed by atoms with van der Waals surface area (Å²) >= 11 is 0. The standard InChI is InChI=1S/C14H24N2O5/c1-3-8-16(9-10-4-5-10)14(20)15-11(13(18)19)6-7-12(17)21-2/h10-11H,3-9H2,1-2H3,(H,15,20)(H,18,19)/t11-/m0/s1. The molecule has 0 spiro atoms. The summed E-state index contributed by atoms with van der Waals surface area (Å²) in [5.74, 6) is -1.09. The number of hydrogen-bond acceptors (Lipinski definition) is 4. The summed E-state index contributed by atoms with van der Waals surface area (Å²) in [6.07, 6.45) is 3.05. The molecular weight excluding hydrogens is 276 g/mol. The van der Waals surface area contributed by atoms with Gasteiger partial charge in [0.2, 0.25) is 0 Å². The van der Waals surface area contributed by atoms with Crippen LogP contribution in [-0.4, -0.2) is 54.2 Å². The molecule has 2 amide bonds. The molecule has 0 unspecified atom stereocenters. The molecule has 1 saturated carbocycles. The lowest BCUT2D eigenvalue weighted by Crippen LogP contribution is -2.49. The molecule has 1 aliphatic rings. The van der Waals surface area contributed by atoms with Crippen LogP contribution in [0.25, 0.3) is 0 Å². The third kappa shape index (κ3) is 6.46. The first-order valence-corrected chi connectivity index (χ1v) is 7.33. The van der Waals surface area contributed by atoms with Gasteiger partial charge in [-0.25, -0.2) is 9.59 Å². The van der Waals surface area contributed by atoms with Gasteiger partial charge in [-0.1, -0.05) is 6.92 Å². The zero-order valence-electron chi connectivity index (χ0n) is 12.6. The highest BCUT2D eigenvalue weighted by atomic mass is 16.5. The van der Waals surface area contributed by atoms with E-state index in [-0.39, 0.29) is 18.9 Å². The Bertz CT molecular complexity index is 382. The zero-order valence-corrected chi connectivity index (χ0v) is 12.6. The number of rotatable bonds is 9. The topological polar surface area (TPSA) is 95.9 Å². The second-order valence-corrected chi connectivity index (χ2v) is 5.34. The van der Waals surface area contributed by atoms with Crippen LogP contribution in [0.15, 0.2) is 0 Å². The van der Waals surface area contributed by atoms with Crippen LogP contribution >= 0.6 is 0 Å². The molecule has 0 aliphatic heterocycles. The number of nitrogens with one attached hydrogen (secondary N) is 1. The van der Waals surface area contributed by atoms with Crippen molar-refractivity contribution in [2.45, 2.75) is 45.1 Å². The Morgan fingerprint density at radius 1 is 1.38 bits per heavy atom. The van der Waals surface area contributed by atoms with E-state index >= 15 is 0 Å². The van der Waals surface area contributed by atoms with Crippen molar-refractivity contribution in [2.75, 3.05) is 20.2 Å².